The van der Waals surface area contributed by atoms with Crippen LogP contribution in [0, 0.1) is 22.7 Å². The Morgan fingerprint density at radius 3 is 2.47 bits per heavy atom. The first kappa shape index (κ1) is 12.8. The third-order valence-corrected chi connectivity index (χ3v) is 5.20. The number of fused-ring (bicyclic) bond motifs is 1. The topological polar surface area (TPSA) is 34.1 Å². The molecule has 0 spiro atoms. The van der Waals surface area contributed by atoms with Crippen LogP contribution in [0.4, 0.5) is 0 Å². The van der Waals surface area contributed by atoms with E-state index >= 15 is 0 Å². The minimum Gasteiger partial charge on any atom is -0.300 e. The van der Waals surface area contributed by atoms with Gasteiger partial charge in [0.05, 0.1) is 0 Å². The highest BCUT2D eigenvalue weighted by atomic mass is 16.1. The van der Waals surface area contributed by atoms with Gasteiger partial charge in [0.25, 0.3) is 0 Å². The van der Waals surface area contributed by atoms with Crippen molar-refractivity contribution >= 4 is 11.6 Å². The predicted octanol–water partition coefficient (Wildman–Crippen LogP) is 3.39. The van der Waals surface area contributed by atoms with E-state index in [9.17, 15) is 9.59 Å². The molecule has 0 amide bonds. The molecule has 2 nitrogen and oxygen atoms in total. The maximum absolute atomic E-state index is 12.0. The van der Waals surface area contributed by atoms with Gasteiger partial charge in [0.1, 0.15) is 11.6 Å². The van der Waals surface area contributed by atoms with Crippen LogP contribution in [0.1, 0.15) is 59.8 Å². The van der Waals surface area contributed by atoms with E-state index in [2.05, 4.69) is 20.8 Å². The highest BCUT2D eigenvalue weighted by Crippen LogP contribution is 2.56. The summed E-state index contributed by atoms with van der Waals surface area (Å²) in [5.41, 5.74) is 0.139. The molecule has 0 unspecified atom stereocenters. The summed E-state index contributed by atoms with van der Waals surface area (Å²) in [4.78, 5) is 23.8. The number of hydrogen-bond donors (Lipinski definition) is 0. The van der Waals surface area contributed by atoms with Crippen molar-refractivity contribution in [3.63, 3.8) is 0 Å². The molecule has 2 aliphatic rings. The van der Waals surface area contributed by atoms with Gasteiger partial charge in [-0.2, -0.15) is 0 Å². The Hall–Kier alpha value is -0.660. The summed E-state index contributed by atoms with van der Waals surface area (Å²) in [6, 6.07) is 0. The molecule has 2 heteroatoms. The number of carbonyl (C=O) groups excluding carboxylic acids is 2. The van der Waals surface area contributed by atoms with Gasteiger partial charge < -0.3 is 0 Å². The molecule has 3 atom stereocenters. The van der Waals surface area contributed by atoms with Gasteiger partial charge in [0, 0.05) is 18.8 Å². The second-order valence-electron chi connectivity index (χ2n) is 7.11. The summed E-state index contributed by atoms with van der Waals surface area (Å²) < 4.78 is 0. The third-order valence-electron chi connectivity index (χ3n) is 5.20. The molecule has 0 aromatic rings. The van der Waals surface area contributed by atoms with E-state index in [0.29, 0.717) is 18.6 Å². The predicted molar refractivity (Wildman–Crippen MR) is 67.6 cm³/mol. The minimum atomic E-state index is 0.0544. The van der Waals surface area contributed by atoms with E-state index in [1.165, 1.54) is 0 Å². The Morgan fingerprint density at radius 2 is 1.88 bits per heavy atom. The van der Waals surface area contributed by atoms with Gasteiger partial charge in [-0.1, -0.05) is 27.2 Å². The summed E-state index contributed by atoms with van der Waals surface area (Å²) in [6.07, 6.45) is 4.69. The molecule has 0 aromatic heterocycles. The van der Waals surface area contributed by atoms with E-state index in [1.807, 2.05) is 0 Å². The highest BCUT2D eigenvalue weighted by molar-refractivity contribution is 5.85. The molecule has 2 aliphatic carbocycles. The number of Topliss-reactive ketones (excluding diaryl/α,β-unsaturated/α-hetero) is 2. The standard InChI is InChI=1S/C15H24O2/c1-10(16)13-12-8-11(17)9-15(12,4)7-5-6-14(13,2)3/h12-13H,5-9H2,1-4H3/t12-,13-,15-/m1/s1. The maximum atomic E-state index is 12.0. The van der Waals surface area contributed by atoms with Crippen molar-refractivity contribution in [1.29, 1.82) is 0 Å². The Morgan fingerprint density at radius 1 is 1.24 bits per heavy atom. The zero-order valence-electron chi connectivity index (χ0n) is 11.5. The van der Waals surface area contributed by atoms with Gasteiger partial charge in [0.2, 0.25) is 0 Å². The van der Waals surface area contributed by atoms with Crippen LogP contribution >= 0.6 is 0 Å². The number of ketones is 2. The van der Waals surface area contributed by atoms with Gasteiger partial charge in [-0.05, 0) is 36.5 Å². The van der Waals surface area contributed by atoms with Crippen LogP contribution in [0.3, 0.4) is 0 Å². The zero-order chi connectivity index (χ0) is 12.8. The lowest BCUT2D eigenvalue weighted by molar-refractivity contribution is -0.128. The molecule has 96 valence electrons. The summed E-state index contributed by atoms with van der Waals surface area (Å²) in [6.45, 7) is 8.34. The van der Waals surface area contributed by atoms with Gasteiger partial charge in [-0.15, -0.1) is 0 Å². The fraction of sp³-hybridized carbons (Fsp3) is 0.867. The van der Waals surface area contributed by atoms with Gasteiger partial charge in [0.15, 0.2) is 0 Å². The molecular weight excluding hydrogens is 212 g/mol. The number of hydrogen-bond acceptors (Lipinski definition) is 2. The molecule has 0 N–H and O–H groups in total. The Kier molecular flexibility index (Phi) is 2.95. The molecule has 0 heterocycles. The maximum Gasteiger partial charge on any atom is 0.133 e. The van der Waals surface area contributed by atoms with E-state index in [1.54, 1.807) is 6.92 Å². The Labute approximate surface area is 104 Å². The lowest BCUT2D eigenvalue weighted by Crippen LogP contribution is -2.38. The van der Waals surface area contributed by atoms with Crippen molar-refractivity contribution in [2.45, 2.75) is 59.8 Å². The second-order valence-corrected chi connectivity index (χ2v) is 7.11. The van der Waals surface area contributed by atoms with Gasteiger partial charge in [-0.3, -0.25) is 9.59 Å². The SMILES string of the molecule is CC(=O)[C@@H]1[C@H]2CC(=O)C[C@@]2(C)CCCC1(C)C. The van der Waals surface area contributed by atoms with Crippen molar-refractivity contribution in [3.8, 4) is 0 Å². The zero-order valence-corrected chi connectivity index (χ0v) is 11.5. The molecule has 2 saturated carbocycles. The molecule has 17 heavy (non-hydrogen) atoms. The first-order valence-corrected chi connectivity index (χ1v) is 6.78. The molecule has 0 aromatic carbocycles. The van der Waals surface area contributed by atoms with Crippen molar-refractivity contribution in [1.82, 2.24) is 0 Å². The quantitative estimate of drug-likeness (QED) is 0.699. The Balaban J connectivity index is 2.42. The van der Waals surface area contributed by atoms with Crippen LogP contribution < -0.4 is 0 Å². The van der Waals surface area contributed by atoms with Gasteiger partial charge in [-0.25, -0.2) is 0 Å². The minimum absolute atomic E-state index is 0.0544. The smallest absolute Gasteiger partial charge is 0.133 e. The molecular formula is C15H24O2. The largest absolute Gasteiger partial charge is 0.300 e. The first-order chi connectivity index (χ1) is 7.76. The summed E-state index contributed by atoms with van der Waals surface area (Å²) in [5, 5.41) is 0. The Bertz CT molecular complexity index is 356. The monoisotopic (exact) mass is 236 g/mol. The third kappa shape index (κ3) is 2.07. The molecule has 2 fully saturated rings. The summed E-state index contributed by atoms with van der Waals surface area (Å²) in [5.74, 6) is 0.996. The molecule has 0 aliphatic heterocycles. The van der Waals surface area contributed by atoms with Crippen LogP contribution in [0.25, 0.3) is 0 Å². The molecule has 0 saturated heterocycles. The first-order valence-electron chi connectivity index (χ1n) is 6.78. The lowest BCUT2D eigenvalue weighted by Gasteiger charge is -2.39. The van der Waals surface area contributed by atoms with Crippen LogP contribution in [0.15, 0.2) is 0 Å². The van der Waals surface area contributed by atoms with E-state index < -0.39 is 0 Å². The van der Waals surface area contributed by atoms with Crippen molar-refractivity contribution < 1.29 is 9.59 Å². The van der Waals surface area contributed by atoms with Gasteiger partial charge >= 0.3 is 0 Å². The van der Waals surface area contributed by atoms with Crippen LogP contribution in [0.5, 0.6) is 0 Å². The average Bonchev–Trinajstić information content (AvgIpc) is 2.35. The second kappa shape index (κ2) is 3.93. The van der Waals surface area contributed by atoms with Crippen LogP contribution in [0.2, 0.25) is 0 Å². The lowest BCUT2D eigenvalue weighted by atomic mass is 9.64. The fourth-order valence-electron chi connectivity index (χ4n) is 4.42. The molecule has 0 radical (unpaired) electrons. The summed E-state index contributed by atoms with van der Waals surface area (Å²) in [7, 11) is 0. The van der Waals surface area contributed by atoms with Crippen molar-refractivity contribution in [2.24, 2.45) is 22.7 Å². The highest BCUT2D eigenvalue weighted by Gasteiger charge is 2.53. The van der Waals surface area contributed by atoms with Crippen molar-refractivity contribution in [2.75, 3.05) is 0 Å². The van der Waals surface area contributed by atoms with Crippen LogP contribution in [-0.4, -0.2) is 11.6 Å². The molecule has 2 rings (SSSR count). The van der Waals surface area contributed by atoms with Crippen molar-refractivity contribution in [3.05, 3.63) is 0 Å². The molecule has 0 bridgehead atoms. The fourth-order valence-corrected chi connectivity index (χ4v) is 4.42. The number of rotatable bonds is 1. The van der Waals surface area contributed by atoms with E-state index in [4.69, 9.17) is 0 Å². The normalized spacial score (nSPS) is 40.8. The van der Waals surface area contributed by atoms with E-state index in [-0.39, 0.29) is 28.4 Å². The van der Waals surface area contributed by atoms with E-state index in [0.717, 1.165) is 19.3 Å². The number of carbonyl (C=O) groups is 2. The summed E-state index contributed by atoms with van der Waals surface area (Å²) >= 11 is 0. The van der Waals surface area contributed by atoms with Crippen LogP contribution in [-0.2, 0) is 9.59 Å². The average molecular weight is 236 g/mol.